The summed E-state index contributed by atoms with van der Waals surface area (Å²) in [5, 5.41) is 15.5. The van der Waals surface area contributed by atoms with E-state index in [1.54, 1.807) is 42.5 Å². The summed E-state index contributed by atoms with van der Waals surface area (Å²) in [6.07, 6.45) is 4.56. The zero-order valence-corrected chi connectivity index (χ0v) is 14.6. The Hall–Kier alpha value is -3.67. The number of rotatable bonds is 8. The Morgan fingerprint density at radius 2 is 1.56 bits per heavy atom. The number of amides is 2. The molecule has 2 aromatic rings. The molecule has 0 aliphatic rings. The van der Waals surface area contributed by atoms with Crippen LogP contribution < -0.4 is 15.7 Å². The van der Waals surface area contributed by atoms with Gasteiger partial charge < -0.3 is 20.5 Å². The molecular weight excluding hydrogens is 344 g/mol. The second-order valence-electron chi connectivity index (χ2n) is 5.55. The number of carbonyl (C=O) groups excluding carboxylic acids is 3. The van der Waals surface area contributed by atoms with E-state index in [9.17, 15) is 19.5 Å². The van der Waals surface area contributed by atoms with Crippen LogP contribution in [-0.4, -0.2) is 24.3 Å². The smallest absolute Gasteiger partial charge is 0.267 e. The summed E-state index contributed by atoms with van der Waals surface area (Å²) in [6, 6.07) is 17.9. The highest BCUT2D eigenvalue weighted by molar-refractivity contribution is 6.03. The molecule has 6 nitrogen and oxygen atoms in total. The highest BCUT2D eigenvalue weighted by Gasteiger charge is 2.13. The summed E-state index contributed by atoms with van der Waals surface area (Å²) in [7, 11) is 0. The summed E-state index contributed by atoms with van der Waals surface area (Å²) >= 11 is 0. The Morgan fingerprint density at radius 3 is 2.19 bits per heavy atom. The predicted molar refractivity (Wildman–Crippen MR) is 100 cm³/mol. The molecule has 0 spiro atoms. The molecule has 0 aliphatic carbocycles. The molecule has 2 N–H and O–H groups in total. The van der Waals surface area contributed by atoms with Gasteiger partial charge in [0.1, 0.15) is 5.70 Å². The van der Waals surface area contributed by atoms with Crippen molar-refractivity contribution in [1.82, 2.24) is 10.6 Å². The summed E-state index contributed by atoms with van der Waals surface area (Å²) in [5.74, 6) is -2.29. The molecular formula is C21H19N2O4-. The van der Waals surface area contributed by atoms with Crippen LogP contribution in [0, 0.1) is 0 Å². The van der Waals surface area contributed by atoms with Gasteiger partial charge >= 0.3 is 0 Å². The lowest BCUT2D eigenvalue weighted by Gasteiger charge is -2.10. The number of carboxylic acid groups (broad SMARTS) is 1. The van der Waals surface area contributed by atoms with Crippen LogP contribution in [0.2, 0.25) is 0 Å². The molecule has 0 heterocycles. The van der Waals surface area contributed by atoms with Gasteiger partial charge in [-0.3, -0.25) is 9.59 Å². The number of aliphatic carboxylic acids is 1. The van der Waals surface area contributed by atoms with Gasteiger partial charge in [-0.15, -0.1) is 0 Å². The molecule has 0 aliphatic heterocycles. The molecule has 0 aromatic heterocycles. The second-order valence-corrected chi connectivity index (χ2v) is 5.55. The van der Waals surface area contributed by atoms with Gasteiger partial charge in [0, 0.05) is 24.5 Å². The Labute approximate surface area is 157 Å². The van der Waals surface area contributed by atoms with Crippen molar-refractivity contribution >= 4 is 23.9 Å². The molecule has 0 saturated carbocycles. The maximum Gasteiger partial charge on any atom is 0.267 e. The molecule has 0 saturated heterocycles. The number of carbonyl (C=O) groups is 3. The monoisotopic (exact) mass is 363 g/mol. The third kappa shape index (κ3) is 6.99. The number of nitrogens with one attached hydrogen (secondary N) is 2. The highest BCUT2D eigenvalue weighted by Crippen LogP contribution is 2.04. The molecule has 0 radical (unpaired) electrons. The Balaban J connectivity index is 2.12. The third-order valence-corrected chi connectivity index (χ3v) is 3.49. The lowest BCUT2D eigenvalue weighted by molar-refractivity contribution is -0.305. The first-order valence-corrected chi connectivity index (χ1v) is 8.34. The van der Waals surface area contributed by atoms with E-state index in [1.807, 2.05) is 30.3 Å². The van der Waals surface area contributed by atoms with Crippen LogP contribution in [-0.2, 0) is 9.59 Å². The van der Waals surface area contributed by atoms with Crippen molar-refractivity contribution in [2.45, 2.75) is 6.42 Å². The van der Waals surface area contributed by atoms with E-state index in [1.165, 1.54) is 6.08 Å². The SMILES string of the molecule is O=C([O-])CCNC(=O)/C(=C/C=C/c1ccccc1)NC(=O)c1ccccc1. The first kappa shape index (κ1) is 19.7. The summed E-state index contributed by atoms with van der Waals surface area (Å²) < 4.78 is 0. The Bertz CT molecular complexity index is 843. The summed E-state index contributed by atoms with van der Waals surface area (Å²) in [4.78, 5) is 35.1. The average molecular weight is 363 g/mol. The first-order chi connectivity index (χ1) is 13.1. The first-order valence-electron chi connectivity index (χ1n) is 8.34. The molecule has 2 amide bonds. The van der Waals surface area contributed by atoms with Crippen molar-refractivity contribution in [3.8, 4) is 0 Å². The summed E-state index contributed by atoms with van der Waals surface area (Å²) in [6.45, 7) is -0.0951. The van der Waals surface area contributed by atoms with E-state index < -0.39 is 17.8 Å². The fourth-order valence-corrected chi connectivity index (χ4v) is 2.15. The van der Waals surface area contributed by atoms with Crippen LogP contribution in [0.15, 0.2) is 78.5 Å². The van der Waals surface area contributed by atoms with Crippen molar-refractivity contribution in [3.05, 3.63) is 89.6 Å². The summed E-state index contributed by atoms with van der Waals surface area (Å²) in [5.41, 5.74) is 1.34. The third-order valence-electron chi connectivity index (χ3n) is 3.49. The lowest BCUT2D eigenvalue weighted by Crippen LogP contribution is -2.37. The maximum atomic E-state index is 12.3. The van der Waals surface area contributed by atoms with E-state index in [0.717, 1.165) is 5.56 Å². The number of hydrogen-bond donors (Lipinski definition) is 2. The van der Waals surface area contributed by atoms with Crippen molar-refractivity contribution in [1.29, 1.82) is 0 Å². The van der Waals surface area contributed by atoms with Crippen molar-refractivity contribution in [2.24, 2.45) is 0 Å². The molecule has 0 atom stereocenters. The van der Waals surface area contributed by atoms with Crippen molar-refractivity contribution in [2.75, 3.05) is 6.54 Å². The number of carboxylic acids is 1. The van der Waals surface area contributed by atoms with E-state index >= 15 is 0 Å². The molecule has 0 bridgehead atoms. The molecule has 2 aromatic carbocycles. The lowest BCUT2D eigenvalue weighted by atomic mass is 10.2. The Morgan fingerprint density at radius 1 is 0.926 bits per heavy atom. The molecule has 2 rings (SSSR count). The number of benzene rings is 2. The second kappa shape index (κ2) is 10.4. The Kier molecular flexibility index (Phi) is 7.53. The van der Waals surface area contributed by atoms with Gasteiger partial charge in [-0.05, 0) is 23.8 Å². The predicted octanol–water partition coefficient (Wildman–Crippen LogP) is 1.27. The van der Waals surface area contributed by atoms with Crippen LogP contribution in [0.25, 0.3) is 6.08 Å². The fourth-order valence-electron chi connectivity index (χ4n) is 2.15. The van der Waals surface area contributed by atoms with Gasteiger partial charge in [-0.25, -0.2) is 0 Å². The van der Waals surface area contributed by atoms with Gasteiger partial charge in [-0.1, -0.05) is 60.7 Å². The average Bonchev–Trinajstić information content (AvgIpc) is 2.68. The molecule has 27 heavy (non-hydrogen) atoms. The largest absolute Gasteiger partial charge is 0.550 e. The minimum Gasteiger partial charge on any atom is -0.550 e. The van der Waals surface area contributed by atoms with Gasteiger partial charge in [0.15, 0.2) is 0 Å². The van der Waals surface area contributed by atoms with E-state index in [2.05, 4.69) is 10.6 Å². The normalized spacial score (nSPS) is 11.2. The zero-order valence-electron chi connectivity index (χ0n) is 14.6. The quantitative estimate of drug-likeness (QED) is 0.545. The van der Waals surface area contributed by atoms with E-state index in [0.29, 0.717) is 5.56 Å². The van der Waals surface area contributed by atoms with Crippen LogP contribution >= 0.6 is 0 Å². The molecule has 138 valence electrons. The highest BCUT2D eigenvalue weighted by atomic mass is 16.4. The van der Waals surface area contributed by atoms with Gasteiger partial charge in [-0.2, -0.15) is 0 Å². The van der Waals surface area contributed by atoms with Crippen LogP contribution in [0.4, 0.5) is 0 Å². The number of hydrogen-bond acceptors (Lipinski definition) is 4. The molecule has 6 heteroatoms. The van der Waals surface area contributed by atoms with Crippen LogP contribution in [0.5, 0.6) is 0 Å². The van der Waals surface area contributed by atoms with Gasteiger partial charge in [0.2, 0.25) is 0 Å². The van der Waals surface area contributed by atoms with Crippen LogP contribution in [0.3, 0.4) is 0 Å². The van der Waals surface area contributed by atoms with E-state index in [-0.39, 0.29) is 18.7 Å². The molecule has 0 unspecified atom stereocenters. The topological polar surface area (TPSA) is 98.3 Å². The van der Waals surface area contributed by atoms with Crippen molar-refractivity contribution in [3.63, 3.8) is 0 Å². The van der Waals surface area contributed by atoms with Crippen molar-refractivity contribution < 1.29 is 19.5 Å². The maximum absolute atomic E-state index is 12.3. The fraction of sp³-hybridized carbons (Fsp3) is 0.0952. The molecule has 0 fully saturated rings. The van der Waals surface area contributed by atoms with Crippen LogP contribution in [0.1, 0.15) is 22.3 Å². The standard InChI is InChI=1S/C21H20N2O4/c24-19(25)14-15-22-21(27)18(13-7-10-16-8-3-1-4-9-16)23-20(26)17-11-5-2-6-12-17/h1-13H,14-15H2,(H,22,27)(H,23,26)(H,24,25)/p-1/b10-7+,18-13-. The van der Waals surface area contributed by atoms with Gasteiger partial charge in [0.25, 0.3) is 11.8 Å². The number of allylic oxidation sites excluding steroid dienone is 2. The minimum atomic E-state index is -1.27. The zero-order chi connectivity index (χ0) is 19.5. The van der Waals surface area contributed by atoms with Gasteiger partial charge in [0.05, 0.1) is 0 Å². The minimum absolute atomic E-state index is 0.00869. The van der Waals surface area contributed by atoms with E-state index in [4.69, 9.17) is 0 Å².